The fourth-order valence-corrected chi connectivity index (χ4v) is 3.99. The van der Waals surface area contributed by atoms with E-state index in [0.717, 1.165) is 30.8 Å². The molecule has 0 heterocycles. The maximum Gasteiger partial charge on any atom is 0.141 e. The van der Waals surface area contributed by atoms with Gasteiger partial charge in [0.05, 0.1) is 6.10 Å². The van der Waals surface area contributed by atoms with Gasteiger partial charge in [-0.05, 0) is 37.5 Å². The van der Waals surface area contributed by atoms with Crippen molar-refractivity contribution < 1.29 is 9.53 Å². The lowest BCUT2D eigenvalue weighted by Crippen LogP contribution is -2.68. The maximum absolute atomic E-state index is 12.0. The summed E-state index contributed by atoms with van der Waals surface area (Å²) in [6, 6.07) is 0. The summed E-state index contributed by atoms with van der Waals surface area (Å²) in [6.07, 6.45) is 2.76. The predicted molar refractivity (Wildman–Crippen MR) is 52.8 cm³/mol. The molecular formula is C12H18O2. The Balaban J connectivity index is 1.79. The Morgan fingerprint density at radius 1 is 1.43 bits per heavy atom. The standard InChI is InChI=1S/C12H18O2/c1-3-14-12-8-5-7-4-6(2)11(13)10(12)9(7)8/h6-10,12H,3-5H2,1-2H3. The Morgan fingerprint density at radius 2 is 2.21 bits per heavy atom. The number of ether oxygens (including phenoxy) is 1. The highest BCUT2D eigenvalue weighted by atomic mass is 16.5. The fraction of sp³-hybridized carbons (Fsp3) is 0.917. The van der Waals surface area contributed by atoms with Crippen LogP contribution in [0.3, 0.4) is 0 Å². The Hall–Kier alpha value is -0.370. The Bertz CT molecular complexity index is 273. The first-order valence-corrected chi connectivity index (χ1v) is 5.89. The van der Waals surface area contributed by atoms with E-state index in [9.17, 15) is 4.79 Å². The van der Waals surface area contributed by atoms with Crippen molar-refractivity contribution in [3.8, 4) is 0 Å². The molecule has 0 N–H and O–H groups in total. The molecule has 0 amide bonds. The van der Waals surface area contributed by atoms with Crippen LogP contribution in [-0.4, -0.2) is 18.5 Å². The molecule has 0 aromatic rings. The molecule has 0 radical (unpaired) electrons. The van der Waals surface area contributed by atoms with Crippen molar-refractivity contribution in [1.29, 1.82) is 0 Å². The third-order valence-corrected chi connectivity index (χ3v) is 4.63. The molecule has 2 nitrogen and oxygen atoms in total. The van der Waals surface area contributed by atoms with E-state index in [1.165, 1.54) is 6.42 Å². The molecule has 0 saturated heterocycles. The van der Waals surface area contributed by atoms with Gasteiger partial charge in [0.15, 0.2) is 0 Å². The summed E-state index contributed by atoms with van der Waals surface area (Å²) in [5.74, 6) is 3.37. The van der Waals surface area contributed by atoms with E-state index in [1.807, 2.05) is 6.92 Å². The van der Waals surface area contributed by atoms with Crippen LogP contribution in [0.15, 0.2) is 0 Å². The normalized spacial score (nSPS) is 54.6. The summed E-state index contributed by atoms with van der Waals surface area (Å²) in [4.78, 5) is 12.0. The third kappa shape index (κ3) is 0.881. The van der Waals surface area contributed by atoms with Crippen molar-refractivity contribution in [2.24, 2.45) is 29.6 Å². The maximum atomic E-state index is 12.0. The number of hydrogen-bond donors (Lipinski definition) is 0. The molecule has 0 aromatic heterocycles. The SMILES string of the molecule is CCOC1C2CC3CC(C)C(=O)C1C32. The van der Waals surface area contributed by atoms with Gasteiger partial charge in [-0.15, -0.1) is 0 Å². The Kier molecular flexibility index (Phi) is 1.79. The van der Waals surface area contributed by atoms with Gasteiger partial charge < -0.3 is 4.74 Å². The van der Waals surface area contributed by atoms with E-state index in [0.29, 0.717) is 11.7 Å². The van der Waals surface area contributed by atoms with Gasteiger partial charge in [-0.3, -0.25) is 4.79 Å². The molecule has 0 aliphatic heterocycles. The van der Waals surface area contributed by atoms with Gasteiger partial charge in [-0.1, -0.05) is 6.92 Å². The Labute approximate surface area is 85.0 Å². The molecule has 3 aliphatic rings. The van der Waals surface area contributed by atoms with Crippen LogP contribution in [0.1, 0.15) is 26.7 Å². The van der Waals surface area contributed by atoms with Gasteiger partial charge in [0, 0.05) is 18.4 Å². The van der Waals surface area contributed by atoms with E-state index in [-0.39, 0.29) is 12.0 Å². The van der Waals surface area contributed by atoms with Crippen LogP contribution in [-0.2, 0) is 9.53 Å². The van der Waals surface area contributed by atoms with Crippen molar-refractivity contribution in [2.45, 2.75) is 32.8 Å². The van der Waals surface area contributed by atoms with Gasteiger partial charge in [0.2, 0.25) is 0 Å². The topological polar surface area (TPSA) is 26.3 Å². The zero-order valence-electron chi connectivity index (χ0n) is 8.90. The average Bonchev–Trinajstić information content (AvgIpc) is 2.14. The van der Waals surface area contributed by atoms with Crippen LogP contribution >= 0.6 is 0 Å². The summed E-state index contributed by atoms with van der Waals surface area (Å²) < 4.78 is 5.70. The van der Waals surface area contributed by atoms with Gasteiger partial charge >= 0.3 is 0 Å². The van der Waals surface area contributed by atoms with E-state index in [1.54, 1.807) is 0 Å². The number of carbonyl (C=O) groups excluding carboxylic acids is 1. The second kappa shape index (κ2) is 2.82. The third-order valence-electron chi connectivity index (χ3n) is 4.63. The monoisotopic (exact) mass is 194 g/mol. The molecule has 6 atom stereocenters. The lowest BCUT2D eigenvalue weighted by atomic mass is 9.40. The first-order chi connectivity index (χ1) is 6.74. The van der Waals surface area contributed by atoms with Crippen LogP contribution < -0.4 is 0 Å². The highest BCUT2D eigenvalue weighted by Gasteiger charge is 2.66. The summed E-state index contributed by atoms with van der Waals surface area (Å²) in [5.41, 5.74) is 0. The molecule has 3 saturated carbocycles. The number of hydrogen-bond acceptors (Lipinski definition) is 2. The lowest BCUT2D eigenvalue weighted by Gasteiger charge is -2.65. The smallest absolute Gasteiger partial charge is 0.141 e. The number of carbonyl (C=O) groups is 1. The van der Waals surface area contributed by atoms with Crippen molar-refractivity contribution in [3.63, 3.8) is 0 Å². The molecule has 0 aromatic carbocycles. The first kappa shape index (κ1) is 8.90. The highest BCUT2D eigenvalue weighted by molar-refractivity contribution is 5.86. The molecule has 3 fully saturated rings. The molecule has 0 spiro atoms. The summed E-state index contributed by atoms with van der Waals surface area (Å²) in [7, 11) is 0. The van der Waals surface area contributed by atoms with E-state index < -0.39 is 0 Å². The van der Waals surface area contributed by atoms with Crippen molar-refractivity contribution in [2.75, 3.05) is 6.61 Å². The summed E-state index contributed by atoms with van der Waals surface area (Å²) >= 11 is 0. The predicted octanol–water partition coefficient (Wildman–Crippen LogP) is 1.88. The van der Waals surface area contributed by atoms with E-state index in [2.05, 4.69) is 6.92 Å². The van der Waals surface area contributed by atoms with Crippen LogP contribution in [0.25, 0.3) is 0 Å². The highest BCUT2D eigenvalue weighted by Crippen LogP contribution is 2.64. The van der Waals surface area contributed by atoms with Gasteiger partial charge in [-0.2, -0.15) is 0 Å². The van der Waals surface area contributed by atoms with Crippen molar-refractivity contribution in [3.05, 3.63) is 0 Å². The molecule has 3 aliphatic carbocycles. The average molecular weight is 194 g/mol. The van der Waals surface area contributed by atoms with Gasteiger partial charge in [-0.25, -0.2) is 0 Å². The molecular weight excluding hydrogens is 176 g/mol. The zero-order chi connectivity index (χ0) is 9.87. The molecule has 3 rings (SSSR count). The first-order valence-electron chi connectivity index (χ1n) is 5.89. The second-order valence-corrected chi connectivity index (χ2v) is 5.22. The molecule has 14 heavy (non-hydrogen) atoms. The van der Waals surface area contributed by atoms with Crippen molar-refractivity contribution in [1.82, 2.24) is 0 Å². The molecule has 2 heteroatoms. The van der Waals surface area contributed by atoms with Gasteiger partial charge in [0.25, 0.3) is 0 Å². The molecule has 6 unspecified atom stereocenters. The largest absolute Gasteiger partial charge is 0.377 e. The minimum Gasteiger partial charge on any atom is -0.377 e. The quantitative estimate of drug-likeness (QED) is 0.671. The minimum atomic E-state index is 0.280. The minimum absolute atomic E-state index is 0.280. The van der Waals surface area contributed by atoms with Crippen LogP contribution in [0.4, 0.5) is 0 Å². The molecule has 0 bridgehead atoms. The van der Waals surface area contributed by atoms with Crippen LogP contribution in [0.5, 0.6) is 0 Å². The fourth-order valence-electron chi connectivity index (χ4n) is 3.99. The molecule has 78 valence electrons. The summed E-state index contributed by atoms with van der Waals surface area (Å²) in [6.45, 7) is 4.88. The number of Topliss-reactive ketones (excluding diaryl/α,β-unsaturated/α-hetero) is 1. The number of ketones is 1. The van der Waals surface area contributed by atoms with Gasteiger partial charge in [0.1, 0.15) is 5.78 Å². The lowest BCUT2D eigenvalue weighted by molar-refractivity contribution is -0.231. The van der Waals surface area contributed by atoms with Crippen molar-refractivity contribution >= 4 is 5.78 Å². The Morgan fingerprint density at radius 3 is 2.93 bits per heavy atom. The zero-order valence-corrected chi connectivity index (χ0v) is 8.90. The summed E-state index contributed by atoms with van der Waals surface area (Å²) in [5, 5.41) is 0. The second-order valence-electron chi connectivity index (χ2n) is 5.22. The number of rotatable bonds is 2. The van der Waals surface area contributed by atoms with Crippen LogP contribution in [0, 0.1) is 29.6 Å². The van der Waals surface area contributed by atoms with E-state index >= 15 is 0 Å². The van der Waals surface area contributed by atoms with E-state index in [4.69, 9.17) is 4.74 Å². The van der Waals surface area contributed by atoms with Crippen LogP contribution in [0.2, 0.25) is 0 Å².